The Morgan fingerprint density at radius 3 is 2.71 bits per heavy atom. The van der Waals surface area contributed by atoms with E-state index in [9.17, 15) is 14.4 Å². The van der Waals surface area contributed by atoms with Crippen LogP contribution in [-0.4, -0.2) is 36.6 Å². The van der Waals surface area contributed by atoms with Gasteiger partial charge < -0.3 is 19.6 Å². The number of alkyl carbamates (subject to hydrolysis) is 1. The number of nitrogens with one attached hydrogen (secondary N) is 1. The van der Waals surface area contributed by atoms with Crippen LogP contribution in [-0.2, 0) is 19.1 Å². The highest BCUT2D eigenvalue weighted by molar-refractivity contribution is 5.90. The second-order valence-electron chi connectivity index (χ2n) is 4.87. The van der Waals surface area contributed by atoms with Crippen molar-refractivity contribution in [3.63, 3.8) is 0 Å². The molecule has 1 aliphatic rings. The zero-order valence-electron chi connectivity index (χ0n) is 10.2. The minimum Gasteiger partial charge on any atom is -0.465 e. The third-order valence-electron chi connectivity index (χ3n) is 2.23. The molecule has 96 valence electrons. The molecule has 0 aliphatic carbocycles. The van der Waals surface area contributed by atoms with E-state index in [0.717, 1.165) is 0 Å². The Hall–Kier alpha value is -1.59. The summed E-state index contributed by atoms with van der Waals surface area (Å²) in [6, 6.07) is -0.552. The summed E-state index contributed by atoms with van der Waals surface area (Å²) >= 11 is 0. The monoisotopic (exact) mass is 243 g/mol. The van der Waals surface area contributed by atoms with E-state index in [1.54, 1.807) is 20.8 Å². The van der Waals surface area contributed by atoms with Crippen molar-refractivity contribution in [2.45, 2.75) is 38.8 Å². The third kappa shape index (κ3) is 4.05. The maximum absolute atomic E-state index is 11.5. The molecular formula is C11H17NO5. The van der Waals surface area contributed by atoms with Crippen LogP contribution in [0.2, 0.25) is 0 Å². The lowest BCUT2D eigenvalue weighted by molar-refractivity contribution is -0.155. The van der Waals surface area contributed by atoms with Crippen molar-refractivity contribution in [2.24, 2.45) is 5.92 Å². The van der Waals surface area contributed by atoms with E-state index in [-0.39, 0.29) is 6.61 Å². The summed E-state index contributed by atoms with van der Waals surface area (Å²) in [4.78, 5) is 33.5. The van der Waals surface area contributed by atoms with Crippen LogP contribution in [0.5, 0.6) is 0 Å². The second kappa shape index (κ2) is 5.16. The van der Waals surface area contributed by atoms with Crippen LogP contribution in [0.25, 0.3) is 0 Å². The van der Waals surface area contributed by atoms with Crippen LogP contribution in [0.3, 0.4) is 0 Å². The normalized spacial score (nSPS) is 24.8. The van der Waals surface area contributed by atoms with Crippen LogP contribution in [0.15, 0.2) is 0 Å². The van der Waals surface area contributed by atoms with Crippen molar-refractivity contribution in [1.82, 2.24) is 5.32 Å². The van der Waals surface area contributed by atoms with Gasteiger partial charge in [-0.25, -0.2) is 4.79 Å². The summed E-state index contributed by atoms with van der Waals surface area (Å²) in [5.41, 5.74) is -0.615. The molecule has 0 radical (unpaired) electrons. The van der Waals surface area contributed by atoms with Gasteiger partial charge in [0.15, 0.2) is 0 Å². The molecule has 0 spiro atoms. The molecule has 6 nitrogen and oxygen atoms in total. The van der Waals surface area contributed by atoms with Crippen molar-refractivity contribution >= 4 is 18.3 Å². The number of esters is 1. The first-order valence-electron chi connectivity index (χ1n) is 5.45. The predicted molar refractivity (Wildman–Crippen MR) is 58.3 cm³/mol. The molecule has 0 bridgehead atoms. The lowest BCUT2D eigenvalue weighted by atomic mass is 9.97. The Morgan fingerprint density at radius 1 is 1.53 bits per heavy atom. The van der Waals surface area contributed by atoms with Gasteiger partial charge in [0.2, 0.25) is 0 Å². The van der Waals surface area contributed by atoms with Crippen LogP contribution in [0, 0.1) is 5.92 Å². The number of aldehydes is 1. The summed E-state index contributed by atoms with van der Waals surface area (Å²) < 4.78 is 9.78. The molecule has 17 heavy (non-hydrogen) atoms. The molecule has 0 unspecified atom stereocenters. The largest absolute Gasteiger partial charge is 0.465 e. The predicted octanol–water partition coefficient (Wildman–Crippen LogP) is 0.642. The molecule has 0 aromatic heterocycles. The highest BCUT2D eigenvalue weighted by Crippen LogP contribution is 2.15. The number of hydrogen-bond acceptors (Lipinski definition) is 5. The Bertz CT molecular complexity index is 320. The average molecular weight is 243 g/mol. The number of rotatable bonds is 2. The smallest absolute Gasteiger partial charge is 0.407 e. The highest BCUT2D eigenvalue weighted by Gasteiger charge is 2.35. The maximum atomic E-state index is 11.5. The Morgan fingerprint density at radius 2 is 2.18 bits per heavy atom. The van der Waals surface area contributed by atoms with Gasteiger partial charge in [0, 0.05) is 6.42 Å². The Balaban J connectivity index is 2.57. The van der Waals surface area contributed by atoms with Crippen molar-refractivity contribution in [3.05, 3.63) is 0 Å². The molecule has 1 N–H and O–H groups in total. The van der Waals surface area contributed by atoms with Crippen LogP contribution in [0.1, 0.15) is 27.2 Å². The van der Waals surface area contributed by atoms with Gasteiger partial charge >= 0.3 is 12.1 Å². The van der Waals surface area contributed by atoms with E-state index < -0.39 is 29.6 Å². The molecule has 1 heterocycles. The fourth-order valence-corrected chi connectivity index (χ4v) is 1.50. The lowest BCUT2D eigenvalue weighted by Gasteiger charge is -2.28. The Kier molecular flexibility index (Phi) is 4.09. The standard InChI is InChI=1S/C11H17NO5/c1-11(2,3)17-10(15)12-8-4-5-16-9(14)7(8)6-13/h6-8H,4-5H2,1-3H3,(H,12,15)/t7-,8+/m0/s1. The van der Waals surface area contributed by atoms with Crippen LogP contribution < -0.4 is 5.32 Å². The SMILES string of the molecule is CC(C)(C)OC(=O)N[C@@H]1CCOC(=O)[C@H]1C=O. The second-order valence-corrected chi connectivity index (χ2v) is 4.87. The van der Waals surface area contributed by atoms with Gasteiger partial charge in [-0.05, 0) is 20.8 Å². The number of cyclic esters (lactones) is 1. The number of carbonyl (C=O) groups excluding carboxylic acids is 3. The van der Waals surface area contributed by atoms with Gasteiger partial charge in [-0.1, -0.05) is 0 Å². The molecule has 0 aromatic carbocycles. The molecule has 6 heteroatoms. The summed E-state index contributed by atoms with van der Waals surface area (Å²) in [6.07, 6.45) is 0.266. The molecule has 1 saturated heterocycles. The summed E-state index contributed by atoms with van der Waals surface area (Å²) in [5.74, 6) is -1.55. The van der Waals surface area contributed by atoms with E-state index in [2.05, 4.69) is 5.32 Å². The Labute approximate surface area is 99.6 Å². The molecule has 1 rings (SSSR count). The van der Waals surface area contributed by atoms with Crippen LogP contribution >= 0.6 is 0 Å². The minimum absolute atomic E-state index is 0.198. The summed E-state index contributed by atoms with van der Waals surface area (Å²) in [5, 5.41) is 2.51. The van der Waals surface area contributed by atoms with E-state index in [4.69, 9.17) is 9.47 Å². The fourth-order valence-electron chi connectivity index (χ4n) is 1.50. The number of amides is 1. The average Bonchev–Trinajstić information content (AvgIpc) is 2.14. The summed E-state index contributed by atoms with van der Waals surface area (Å²) in [7, 11) is 0. The molecule has 1 amide bonds. The van der Waals surface area contributed by atoms with Gasteiger partial charge in [-0.15, -0.1) is 0 Å². The van der Waals surface area contributed by atoms with Crippen LogP contribution in [0.4, 0.5) is 4.79 Å². The summed E-state index contributed by atoms with van der Waals surface area (Å²) in [6.45, 7) is 5.40. The molecule has 1 aliphatic heterocycles. The third-order valence-corrected chi connectivity index (χ3v) is 2.23. The zero-order valence-corrected chi connectivity index (χ0v) is 10.2. The van der Waals surface area contributed by atoms with Gasteiger partial charge in [-0.3, -0.25) is 4.79 Å². The van der Waals surface area contributed by atoms with E-state index in [1.165, 1.54) is 0 Å². The van der Waals surface area contributed by atoms with Crippen molar-refractivity contribution in [2.75, 3.05) is 6.61 Å². The first-order chi connectivity index (χ1) is 7.83. The molecule has 2 atom stereocenters. The highest BCUT2D eigenvalue weighted by atomic mass is 16.6. The van der Waals surface area contributed by atoms with Crippen molar-refractivity contribution in [1.29, 1.82) is 0 Å². The topological polar surface area (TPSA) is 81.7 Å². The first-order valence-corrected chi connectivity index (χ1v) is 5.45. The number of hydrogen-bond donors (Lipinski definition) is 1. The minimum atomic E-state index is -0.948. The molecule has 0 saturated carbocycles. The molecule has 1 fully saturated rings. The number of ether oxygens (including phenoxy) is 2. The van der Waals surface area contributed by atoms with Gasteiger partial charge in [0.25, 0.3) is 0 Å². The molecule has 0 aromatic rings. The van der Waals surface area contributed by atoms with Gasteiger partial charge in [0.05, 0.1) is 12.6 Å². The first kappa shape index (κ1) is 13.5. The quantitative estimate of drug-likeness (QED) is 0.437. The maximum Gasteiger partial charge on any atom is 0.407 e. The zero-order chi connectivity index (χ0) is 13.1. The number of carbonyl (C=O) groups is 3. The van der Waals surface area contributed by atoms with Gasteiger partial charge in [0.1, 0.15) is 17.8 Å². The lowest BCUT2D eigenvalue weighted by Crippen LogP contribution is -2.49. The van der Waals surface area contributed by atoms with Gasteiger partial charge in [-0.2, -0.15) is 0 Å². The van der Waals surface area contributed by atoms with E-state index >= 15 is 0 Å². The molecular weight excluding hydrogens is 226 g/mol. The van der Waals surface area contributed by atoms with Crippen molar-refractivity contribution < 1.29 is 23.9 Å². The fraction of sp³-hybridized carbons (Fsp3) is 0.727. The van der Waals surface area contributed by atoms with Crippen molar-refractivity contribution in [3.8, 4) is 0 Å². The van der Waals surface area contributed by atoms with E-state index in [1.807, 2.05) is 0 Å². The van der Waals surface area contributed by atoms with E-state index in [0.29, 0.717) is 12.7 Å².